The van der Waals surface area contributed by atoms with E-state index in [-0.39, 0.29) is 28.2 Å². The van der Waals surface area contributed by atoms with Crippen molar-refractivity contribution in [2.24, 2.45) is 0 Å². The molecule has 1 fully saturated rings. The van der Waals surface area contributed by atoms with Gasteiger partial charge in [-0.3, -0.25) is 4.79 Å². The number of aryl methyl sites for hydroxylation is 1. The van der Waals surface area contributed by atoms with Gasteiger partial charge in [-0.15, -0.1) is 0 Å². The van der Waals surface area contributed by atoms with Crippen molar-refractivity contribution in [2.75, 3.05) is 25.0 Å². The van der Waals surface area contributed by atoms with Crippen LogP contribution < -0.4 is 10.1 Å². The maximum absolute atomic E-state index is 12.7. The fraction of sp³-hybridized carbons (Fsp3) is 0.350. The van der Waals surface area contributed by atoms with E-state index in [2.05, 4.69) is 5.32 Å². The van der Waals surface area contributed by atoms with Gasteiger partial charge in [-0.25, -0.2) is 8.42 Å². The predicted molar refractivity (Wildman–Crippen MR) is 114 cm³/mol. The minimum absolute atomic E-state index is 0.121. The molecule has 2 aromatic rings. The molecule has 1 N–H and O–H groups in total. The third kappa shape index (κ3) is 5.42. The molecule has 0 radical (unpaired) electrons. The highest BCUT2D eigenvalue weighted by atomic mass is 35.5. The van der Waals surface area contributed by atoms with Crippen LogP contribution in [0.1, 0.15) is 24.8 Å². The molecule has 1 saturated heterocycles. The number of hydrogen-bond donors (Lipinski definition) is 1. The van der Waals surface area contributed by atoms with Crippen molar-refractivity contribution < 1.29 is 17.9 Å². The SMILES string of the molecule is Cc1ccc(Cl)cc1NC(=O)COc1ccc(S(=O)(=O)N2CCCCC2)cc1Cl. The standard InChI is InChI=1S/C20H22Cl2N2O4S/c1-14-5-6-15(21)11-18(14)23-20(25)13-28-19-8-7-16(12-17(19)22)29(26,27)24-9-3-2-4-10-24/h5-8,11-12H,2-4,9-10,13H2,1H3,(H,23,25). The molecular formula is C20H22Cl2N2O4S. The van der Waals surface area contributed by atoms with Gasteiger partial charge in [0.25, 0.3) is 5.91 Å². The molecule has 9 heteroatoms. The van der Waals surface area contributed by atoms with Gasteiger partial charge in [-0.05, 0) is 55.7 Å². The van der Waals surface area contributed by atoms with Crippen LogP contribution in [-0.4, -0.2) is 38.3 Å². The first-order valence-corrected chi connectivity index (χ1v) is 11.5. The quantitative estimate of drug-likeness (QED) is 0.694. The number of sulfonamides is 1. The zero-order chi connectivity index (χ0) is 21.0. The van der Waals surface area contributed by atoms with Gasteiger partial charge in [0, 0.05) is 23.8 Å². The lowest BCUT2D eigenvalue weighted by molar-refractivity contribution is -0.118. The minimum atomic E-state index is -3.58. The average Bonchev–Trinajstić information content (AvgIpc) is 2.70. The zero-order valence-electron chi connectivity index (χ0n) is 16.0. The third-order valence-electron chi connectivity index (χ3n) is 4.69. The van der Waals surface area contributed by atoms with E-state index in [9.17, 15) is 13.2 Å². The minimum Gasteiger partial charge on any atom is -0.482 e. The summed E-state index contributed by atoms with van der Waals surface area (Å²) in [5, 5.41) is 3.37. The van der Waals surface area contributed by atoms with Crippen LogP contribution in [0.3, 0.4) is 0 Å². The zero-order valence-corrected chi connectivity index (χ0v) is 18.3. The van der Waals surface area contributed by atoms with Gasteiger partial charge in [-0.1, -0.05) is 35.7 Å². The Morgan fingerprint density at radius 2 is 1.83 bits per heavy atom. The molecule has 29 heavy (non-hydrogen) atoms. The molecule has 0 spiro atoms. The van der Waals surface area contributed by atoms with E-state index >= 15 is 0 Å². The molecule has 1 aliphatic rings. The van der Waals surface area contributed by atoms with Gasteiger partial charge >= 0.3 is 0 Å². The predicted octanol–water partition coefficient (Wildman–Crippen LogP) is 4.49. The first-order chi connectivity index (χ1) is 13.8. The summed E-state index contributed by atoms with van der Waals surface area (Å²) >= 11 is 12.2. The third-order valence-corrected chi connectivity index (χ3v) is 7.11. The lowest BCUT2D eigenvalue weighted by Gasteiger charge is -2.26. The van der Waals surface area contributed by atoms with Crippen LogP contribution in [0, 0.1) is 6.92 Å². The van der Waals surface area contributed by atoms with E-state index in [1.807, 2.05) is 6.92 Å². The van der Waals surface area contributed by atoms with Crippen molar-refractivity contribution in [1.29, 1.82) is 0 Å². The second kappa shape index (κ2) is 9.34. The Morgan fingerprint density at radius 1 is 1.10 bits per heavy atom. The fourth-order valence-electron chi connectivity index (χ4n) is 3.07. The summed E-state index contributed by atoms with van der Waals surface area (Å²) in [6.45, 7) is 2.61. The van der Waals surface area contributed by atoms with Crippen molar-refractivity contribution >= 4 is 44.8 Å². The van der Waals surface area contributed by atoms with Crippen molar-refractivity contribution in [2.45, 2.75) is 31.1 Å². The van der Waals surface area contributed by atoms with Crippen LogP contribution in [0.2, 0.25) is 10.0 Å². The Labute approximate surface area is 180 Å². The molecule has 0 saturated carbocycles. The molecular weight excluding hydrogens is 435 g/mol. The number of anilines is 1. The molecule has 0 aromatic heterocycles. The smallest absolute Gasteiger partial charge is 0.262 e. The van der Waals surface area contributed by atoms with Crippen molar-refractivity contribution in [3.8, 4) is 5.75 Å². The number of rotatable bonds is 6. The lowest BCUT2D eigenvalue weighted by Crippen LogP contribution is -2.35. The number of nitrogens with one attached hydrogen (secondary N) is 1. The van der Waals surface area contributed by atoms with Crippen LogP contribution in [0.25, 0.3) is 0 Å². The highest BCUT2D eigenvalue weighted by Crippen LogP contribution is 2.30. The highest BCUT2D eigenvalue weighted by molar-refractivity contribution is 7.89. The topological polar surface area (TPSA) is 75.7 Å². The average molecular weight is 457 g/mol. The van der Waals surface area contributed by atoms with Gasteiger partial charge in [-0.2, -0.15) is 4.31 Å². The number of ether oxygens (including phenoxy) is 1. The van der Waals surface area contributed by atoms with Crippen LogP contribution in [0.4, 0.5) is 5.69 Å². The maximum Gasteiger partial charge on any atom is 0.262 e. The van der Waals surface area contributed by atoms with Crippen molar-refractivity contribution in [1.82, 2.24) is 4.31 Å². The summed E-state index contributed by atoms with van der Waals surface area (Å²) in [5.74, 6) is -0.140. The second-order valence-corrected chi connectivity index (χ2v) is 9.63. The van der Waals surface area contributed by atoms with Crippen molar-refractivity contribution in [3.63, 3.8) is 0 Å². The Kier molecular flexibility index (Phi) is 7.05. The Morgan fingerprint density at radius 3 is 2.52 bits per heavy atom. The number of piperidine rings is 1. The summed E-state index contributed by atoms with van der Waals surface area (Å²) in [6, 6.07) is 9.47. The number of halogens is 2. The van der Waals surface area contributed by atoms with Gasteiger partial charge in [0.15, 0.2) is 6.61 Å². The Balaban J connectivity index is 1.64. The van der Waals surface area contributed by atoms with Crippen molar-refractivity contribution in [3.05, 3.63) is 52.0 Å². The molecule has 0 atom stereocenters. The number of benzene rings is 2. The molecule has 6 nitrogen and oxygen atoms in total. The number of nitrogens with zero attached hydrogens (tertiary/aromatic N) is 1. The molecule has 1 amide bonds. The normalized spacial score (nSPS) is 15.1. The van der Waals surface area contributed by atoms with E-state index in [0.717, 1.165) is 24.8 Å². The van der Waals surface area contributed by atoms with Crippen LogP contribution >= 0.6 is 23.2 Å². The van der Waals surface area contributed by atoms with E-state index < -0.39 is 10.0 Å². The van der Waals surface area contributed by atoms with Crippen LogP contribution in [0.5, 0.6) is 5.75 Å². The summed E-state index contributed by atoms with van der Waals surface area (Å²) in [5.41, 5.74) is 1.47. The van der Waals surface area contributed by atoms with Gasteiger partial charge < -0.3 is 10.1 Å². The molecule has 0 aliphatic carbocycles. The summed E-state index contributed by atoms with van der Waals surface area (Å²) in [6.07, 6.45) is 2.75. The largest absolute Gasteiger partial charge is 0.482 e. The maximum atomic E-state index is 12.7. The summed E-state index contributed by atoms with van der Waals surface area (Å²) < 4.78 is 32.4. The van der Waals surface area contributed by atoms with E-state index in [4.69, 9.17) is 27.9 Å². The molecule has 3 rings (SSSR count). The number of amides is 1. The van der Waals surface area contributed by atoms with E-state index in [1.165, 1.54) is 22.5 Å². The van der Waals surface area contributed by atoms with E-state index in [1.54, 1.807) is 18.2 Å². The first kappa shape index (κ1) is 21.9. The van der Waals surface area contributed by atoms with E-state index in [0.29, 0.717) is 23.8 Å². The molecule has 0 bridgehead atoms. The number of carbonyl (C=O) groups excluding carboxylic acids is 1. The molecule has 156 valence electrons. The second-order valence-electron chi connectivity index (χ2n) is 6.85. The van der Waals surface area contributed by atoms with Gasteiger partial charge in [0.05, 0.1) is 9.92 Å². The first-order valence-electron chi connectivity index (χ1n) is 9.26. The van der Waals surface area contributed by atoms with Crippen LogP contribution in [-0.2, 0) is 14.8 Å². The summed E-state index contributed by atoms with van der Waals surface area (Å²) in [4.78, 5) is 12.3. The number of hydrogen-bond acceptors (Lipinski definition) is 4. The molecule has 1 heterocycles. The Hall–Kier alpha value is -1.80. The number of carbonyl (C=O) groups is 1. The monoisotopic (exact) mass is 456 g/mol. The van der Waals surface area contributed by atoms with Gasteiger partial charge in [0.2, 0.25) is 10.0 Å². The Bertz CT molecular complexity index is 1010. The fourth-order valence-corrected chi connectivity index (χ4v) is 5.09. The lowest BCUT2D eigenvalue weighted by atomic mass is 10.2. The highest BCUT2D eigenvalue weighted by Gasteiger charge is 2.26. The summed E-state index contributed by atoms with van der Waals surface area (Å²) in [7, 11) is -3.58. The van der Waals surface area contributed by atoms with Crippen LogP contribution in [0.15, 0.2) is 41.3 Å². The molecule has 1 aliphatic heterocycles. The van der Waals surface area contributed by atoms with Gasteiger partial charge in [0.1, 0.15) is 5.75 Å². The molecule has 0 unspecified atom stereocenters. The molecule has 2 aromatic carbocycles.